The zero-order valence-electron chi connectivity index (χ0n) is 11.8. The first-order valence-corrected chi connectivity index (χ1v) is 6.03. The van der Waals surface area contributed by atoms with Gasteiger partial charge >= 0.3 is 0 Å². The molecule has 0 heterocycles. The smallest absolute Gasteiger partial charge is 0.134 e. The number of hydrogen-bond acceptors (Lipinski definition) is 3. The Morgan fingerprint density at radius 3 is 2.22 bits per heavy atom. The molecule has 0 saturated heterocycles. The van der Waals surface area contributed by atoms with E-state index in [1.54, 1.807) is 20.3 Å². The molecule has 0 atom stereocenters. The van der Waals surface area contributed by atoms with Crippen LogP contribution in [0.1, 0.15) is 25.0 Å². The summed E-state index contributed by atoms with van der Waals surface area (Å²) in [5.41, 5.74) is 0.0620. The summed E-state index contributed by atoms with van der Waals surface area (Å²) in [6.45, 7) is 3.85. The van der Waals surface area contributed by atoms with E-state index in [4.69, 9.17) is 9.47 Å². The maximum absolute atomic E-state index is 14.1. The number of likely N-dealkylation sites (N-methyl/N-ethyl adjacent to an activating group) is 1. The summed E-state index contributed by atoms with van der Waals surface area (Å²) in [7, 11) is 5.04. The van der Waals surface area contributed by atoms with Crippen LogP contribution in [0.4, 0.5) is 4.39 Å². The van der Waals surface area contributed by atoms with Crippen LogP contribution in [-0.4, -0.2) is 27.8 Å². The minimum Gasteiger partial charge on any atom is -0.496 e. The molecule has 0 unspecified atom stereocenters. The Hall–Kier alpha value is -1.29. The van der Waals surface area contributed by atoms with Crippen molar-refractivity contribution in [2.75, 3.05) is 27.8 Å². The van der Waals surface area contributed by atoms with E-state index in [1.165, 1.54) is 13.8 Å². The van der Waals surface area contributed by atoms with Gasteiger partial charge in [-0.05, 0) is 51.6 Å². The maximum atomic E-state index is 14.1. The summed E-state index contributed by atoms with van der Waals surface area (Å²) >= 11 is 0. The van der Waals surface area contributed by atoms with Gasteiger partial charge in [-0.15, -0.1) is 0 Å². The van der Waals surface area contributed by atoms with E-state index in [1.807, 2.05) is 13.1 Å². The molecule has 0 radical (unpaired) electrons. The van der Waals surface area contributed by atoms with Gasteiger partial charge in [-0.25, -0.2) is 4.39 Å². The molecule has 4 heteroatoms. The van der Waals surface area contributed by atoms with Crippen LogP contribution in [0.2, 0.25) is 0 Å². The van der Waals surface area contributed by atoms with Crippen molar-refractivity contribution in [3.8, 4) is 11.5 Å². The summed E-state index contributed by atoms with van der Waals surface area (Å²) in [5, 5.41) is 3.08. The lowest BCUT2D eigenvalue weighted by Gasteiger charge is -2.21. The summed E-state index contributed by atoms with van der Waals surface area (Å²) in [5.74, 6) is 1.26. The minimum atomic E-state index is -1.46. The van der Waals surface area contributed by atoms with Gasteiger partial charge in [0, 0.05) is 5.56 Å². The van der Waals surface area contributed by atoms with Crippen molar-refractivity contribution in [2.45, 2.75) is 25.9 Å². The van der Waals surface area contributed by atoms with Gasteiger partial charge in [0.2, 0.25) is 0 Å². The molecule has 18 heavy (non-hydrogen) atoms. The maximum Gasteiger partial charge on any atom is 0.134 e. The third-order valence-corrected chi connectivity index (χ3v) is 2.89. The van der Waals surface area contributed by atoms with Crippen LogP contribution in [0.5, 0.6) is 11.5 Å². The zero-order valence-corrected chi connectivity index (χ0v) is 11.8. The molecule has 0 saturated carbocycles. The van der Waals surface area contributed by atoms with E-state index in [0.717, 1.165) is 18.5 Å². The average Bonchev–Trinajstić information content (AvgIpc) is 2.33. The lowest BCUT2D eigenvalue weighted by molar-refractivity contribution is 0.212. The molecule has 102 valence electrons. The second-order valence-corrected chi connectivity index (χ2v) is 4.69. The van der Waals surface area contributed by atoms with Crippen LogP contribution < -0.4 is 14.8 Å². The Balaban J connectivity index is 3.23. The largest absolute Gasteiger partial charge is 0.496 e. The molecule has 0 aromatic heterocycles. The third-order valence-electron chi connectivity index (χ3n) is 2.89. The molecule has 0 spiro atoms. The predicted molar refractivity (Wildman–Crippen MR) is 71.3 cm³/mol. The molecule has 1 aromatic rings. The Kier molecular flexibility index (Phi) is 4.96. The highest BCUT2D eigenvalue weighted by molar-refractivity contribution is 5.48. The number of rotatable bonds is 6. The van der Waals surface area contributed by atoms with E-state index < -0.39 is 5.67 Å². The van der Waals surface area contributed by atoms with Gasteiger partial charge in [-0.2, -0.15) is 0 Å². The number of alkyl halides is 1. The number of halogens is 1. The molecular weight excluding hydrogens is 233 g/mol. The topological polar surface area (TPSA) is 30.5 Å². The van der Waals surface area contributed by atoms with Crippen molar-refractivity contribution in [3.05, 3.63) is 23.3 Å². The highest BCUT2D eigenvalue weighted by atomic mass is 19.1. The summed E-state index contributed by atoms with van der Waals surface area (Å²) in [6, 6.07) is 3.58. The van der Waals surface area contributed by atoms with Crippen molar-refractivity contribution < 1.29 is 13.9 Å². The third kappa shape index (κ3) is 3.35. The second kappa shape index (κ2) is 6.05. The first kappa shape index (κ1) is 14.8. The van der Waals surface area contributed by atoms with Gasteiger partial charge < -0.3 is 14.8 Å². The van der Waals surface area contributed by atoms with Gasteiger partial charge in [0.05, 0.1) is 14.2 Å². The molecule has 0 amide bonds. The monoisotopic (exact) mass is 255 g/mol. The van der Waals surface area contributed by atoms with Crippen LogP contribution in [-0.2, 0) is 12.1 Å². The normalized spacial score (nSPS) is 11.4. The van der Waals surface area contributed by atoms with Crippen molar-refractivity contribution in [3.63, 3.8) is 0 Å². The fraction of sp³-hybridized carbons (Fsp3) is 0.571. The molecule has 0 aliphatic carbocycles. The van der Waals surface area contributed by atoms with E-state index in [2.05, 4.69) is 5.32 Å². The molecule has 0 fully saturated rings. The highest BCUT2D eigenvalue weighted by Crippen LogP contribution is 2.37. The van der Waals surface area contributed by atoms with Gasteiger partial charge in [-0.1, -0.05) is 0 Å². The van der Waals surface area contributed by atoms with Crippen molar-refractivity contribution in [1.29, 1.82) is 0 Å². The Bertz CT molecular complexity index is 400. The zero-order chi connectivity index (χ0) is 13.8. The van der Waals surface area contributed by atoms with Crippen LogP contribution >= 0.6 is 0 Å². The summed E-state index contributed by atoms with van der Waals surface area (Å²) in [4.78, 5) is 0. The molecule has 3 nitrogen and oxygen atoms in total. The molecule has 1 aromatic carbocycles. The molecule has 0 aliphatic heterocycles. The van der Waals surface area contributed by atoms with E-state index in [0.29, 0.717) is 17.1 Å². The average molecular weight is 255 g/mol. The van der Waals surface area contributed by atoms with Crippen LogP contribution in [0.15, 0.2) is 12.1 Å². The van der Waals surface area contributed by atoms with Crippen LogP contribution in [0, 0.1) is 0 Å². The quantitative estimate of drug-likeness (QED) is 0.847. The number of benzene rings is 1. The molecular formula is C14H22FNO2. The fourth-order valence-corrected chi connectivity index (χ4v) is 1.88. The van der Waals surface area contributed by atoms with Crippen molar-refractivity contribution in [2.24, 2.45) is 0 Å². The standard InChI is InChI=1S/C14H22FNO2/c1-14(2,15)11-9-12(17-4)10(6-7-16-3)8-13(11)18-5/h8-9,16H,6-7H2,1-5H3. The molecule has 1 N–H and O–H groups in total. The number of methoxy groups -OCH3 is 2. The van der Waals surface area contributed by atoms with E-state index in [-0.39, 0.29) is 0 Å². The number of nitrogens with one attached hydrogen (secondary N) is 1. The highest BCUT2D eigenvalue weighted by Gasteiger charge is 2.25. The number of ether oxygens (including phenoxy) is 2. The summed E-state index contributed by atoms with van der Waals surface area (Å²) < 4.78 is 24.7. The lowest BCUT2D eigenvalue weighted by atomic mass is 9.96. The van der Waals surface area contributed by atoms with Gasteiger partial charge in [0.25, 0.3) is 0 Å². The van der Waals surface area contributed by atoms with Crippen molar-refractivity contribution in [1.82, 2.24) is 5.32 Å². The minimum absolute atomic E-state index is 0.509. The predicted octanol–water partition coefficient (Wildman–Crippen LogP) is 2.67. The van der Waals surface area contributed by atoms with Gasteiger partial charge in [0.15, 0.2) is 0 Å². The first-order chi connectivity index (χ1) is 8.43. The van der Waals surface area contributed by atoms with Crippen LogP contribution in [0.3, 0.4) is 0 Å². The lowest BCUT2D eigenvalue weighted by Crippen LogP contribution is -2.14. The van der Waals surface area contributed by atoms with Crippen LogP contribution in [0.25, 0.3) is 0 Å². The Labute approximate surface area is 108 Å². The number of hydrogen-bond donors (Lipinski definition) is 1. The van der Waals surface area contributed by atoms with Crippen molar-refractivity contribution >= 4 is 0 Å². The summed E-state index contributed by atoms with van der Waals surface area (Å²) in [6.07, 6.45) is 0.809. The van der Waals surface area contributed by atoms with E-state index in [9.17, 15) is 4.39 Å². The molecule has 0 bridgehead atoms. The SMILES string of the molecule is CNCCc1cc(OC)c(C(C)(C)F)cc1OC. The molecule has 0 aliphatic rings. The van der Waals surface area contributed by atoms with Gasteiger partial charge in [0.1, 0.15) is 17.2 Å². The van der Waals surface area contributed by atoms with Gasteiger partial charge in [-0.3, -0.25) is 0 Å². The molecule has 1 rings (SSSR count). The first-order valence-electron chi connectivity index (χ1n) is 6.03. The second-order valence-electron chi connectivity index (χ2n) is 4.69. The Morgan fingerprint density at radius 2 is 1.78 bits per heavy atom. The fourth-order valence-electron chi connectivity index (χ4n) is 1.88. The Morgan fingerprint density at radius 1 is 1.17 bits per heavy atom. The van der Waals surface area contributed by atoms with E-state index >= 15 is 0 Å².